The molecule has 2 aliphatic heterocycles. The van der Waals surface area contributed by atoms with Crippen LogP contribution in [0.25, 0.3) is 22.5 Å². The Morgan fingerprint density at radius 2 is 1.96 bits per heavy atom. The van der Waals surface area contributed by atoms with Gasteiger partial charge >= 0.3 is 0 Å². The molecule has 0 spiro atoms. The van der Waals surface area contributed by atoms with Crippen LogP contribution in [-0.4, -0.2) is 36.7 Å². The number of nitrogens with zero attached hydrogens (tertiary/aromatic N) is 4. The van der Waals surface area contributed by atoms with Gasteiger partial charge < -0.3 is 15.0 Å². The van der Waals surface area contributed by atoms with Gasteiger partial charge in [0.1, 0.15) is 5.75 Å². The van der Waals surface area contributed by atoms with Crippen LogP contribution in [-0.2, 0) is 0 Å². The number of hydrogen-bond donors (Lipinski definition) is 2. The fourth-order valence-corrected chi connectivity index (χ4v) is 4.49. The number of nitrogens with one attached hydrogen (secondary N) is 1. The van der Waals surface area contributed by atoms with E-state index in [1.54, 1.807) is 31.0 Å². The van der Waals surface area contributed by atoms with Crippen molar-refractivity contribution in [2.45, 2.75) is 37.8 Å². The molecule has 2 fully saturated rings. The van der Waals surface area contributed by atoms with Crippen molar-refractivity contribution in [3.63, 3.8) is 0 Å². The standard InChI is InChI=1S/C22H23N5O/c1-14(15-8-16-2-3-17(9-15)26-16)20-11-25-21(12-24-20)19-5-4-18(10-22(19)28)27-7-6-23-13-27/h4-7,10-13,15-17,26,28H,1-3,8-9H2/t15-,16+,17-. The molecule has 5 rings (SSSR count). The van der Waals surface area contributed by atoms with Crippen LogP contribution in [0.1, 0.15) is 31.4 Å². The third-order valence-electron chi connectivity index (χ3n) is 6.01. The zero-order chi connectivity index (χ0) is 19.1. The van der Waals surface area contributed by atoms with Crippen LogP contribution in [0.4, 0.5) is 0 Å². The summed E-state index contributed by atoms with van der Waals surface area (Å²) in [6, 6.07) is 6.73. The van der Waals surface area contributed by atoms with Crippen LogP contribution in [0, 0.1) is 5.92 Å². The number of benzene rings is 1. The van der Waals surface area contributed by atoms with Crippen LogP contribution in [0.2, 0.25) is 0 Å². The highest BCUT2D eigenvalue weighted by Gasteiger charge is 2.35. The maximum absolute atomic E-state index is 10.5. The third kappa shape index (κ3) is 3.10. The molecule has 3 atom stereocenters. The highest BCUT2D eigenvalue weighted by Crippen LogP contribution is 2.37. The average Bonchev–Trinajstić information content (AvgIpc) is 3.37. The molecule has 142 valence electrons. The molecule has 28 heavy (non-hydrogen) atoms. The molecule has 0 amide bonds. The number of piperidine rings is 1. The molecular weight excluding hydrogens is 350 g/mol. The van der Waals surface area contributed by atoms with Crippen molar-refractivity contribution in [1.82, 2.24) is 24.8 Å². The van der Waals surface area contributed by atoms with E-state index in [0.717, 1.165) is 29.8 Å². The van der Waals surface area contributed by atoms with Crippen molar-refractivity contribution in [3.8, 4) is 22.7 Å². The predicted molar refractivity (Wildman–Crippen MR) is 108 cm³/mol. The van der Waals surface area contributed by atoms with Crippen LogP contribution in [0.5, 0.6) is 5.75 Å². The van der Waals surface area contributed by atoms with Crippen molar-refractivity contribution < 1.29 is 5.11 Å². The maximum atomic E-state index is 10.5. The van der Waals surface area contributed by atoms with Crippen molar-refractivity contribution in [3.05, 3.63) is 61.6 Å². The predicted octanol–water partition coefficient (Wildman–Crippen LogP) is 3.58. The van der Waals surface area contributed by atoms with Gasteiger partial charge in [0.2, 0.25) is 0 Å². The van der Waals surface area contributed by atoms with Gasteiger partial charge in [-0.25, -0.2) is 4.98 Å². The zero-order valence-electron chi connectivity index (χ0n) is 15.6. The normalized spacial score (nSPS) is 23.6. The van der Waals surface area contributed by atoms with Gasteiger partial charge in [0.15, 0.2) is 0 Å². The minimum Gasteiger partial charge on any atom is -0.507 e. The SMILES string of the molecule is C=C(c1cnc(-c2ccc(-n3ccnc3)cc2O)cn1)[C@H]1C[C@H]2CC[C@@H](C1)N2. The van der Waals surface area contributed by atoms with E-state index in [-0.39, 0.29) is 5.75 Å². The zero-order valence-corrected chi connectivity index (χ0v) is 15.6. The van der Waals surface area contributed by atoms with E-state index in [4.69, 9.17) is 0 Å². The van der Waals surface area contributed by atoms with E-state index < -0.39 is 0 Å². The Morgan fingerprint density at radius 1 is 1.14 bits per heavy atom. The Morgan fingerprint density at radius 3 is 2.61 bits per heavy atom. The molecule has 2 bridgehead atoms. The lowest BCUT2D eigenvalue weighted by atomic mass is 9.85. The number of phenolic OH excluding ortho intramolecular Hbond substituents is 1. The Bertz CT molecular complexity index is 984. The number of phenols is 1. The highest BCUT2D eigenvalue weighted by atomic mass is 16.3. The Hall–Kier alpha value is -2.99. The highest BCUT2D eigenvalue weighted by molar-refractivity contribution is 5.69. The van der Waals surface area contributed by atoms with Crippen molar-refractivity contribution >= 4 is 5.57 Å². The number of rotatable bonds is 4. The molecular formula is C22H23N5O. The Labute approximate surface area is 164 Å². The summed E-state index contributed by atoms with van der Waals surface area (Å²) >= 11 is 0. The largest absolute Gasteiger partial charge is 0.507 e. The molecule has 0 unspecified atom stereocenters. The quantitative estimate of drug-likeness (QED) is 0.731. The summed E-state index contributed by atoms with van der Waals surface area (Å²) in [5.41, 5.74) is 4.09. The van der Waals surface area contributed by atoms with Gasteiger partial charge in [-0.15, -0.1) is 0 Å². The van der Waals surface area contributed by atoms with Crippen LogP contribution < -0.4 is 5.32 Å². The van der Waals surface area contributed by atoms with Gasteiger partial charge in [-0.2, -0.15) is 0 Å². The van der Waals surface area contributed by atoms with Crippen molar-refractivity contribution in [1.29, 1.82) is 0 Å². The van der Waals surface area contributed by atoms with E-state index in [2.05, 4.69) is 26.8 Å². The van der Waals surface area contributed by atoms with Gasteiger partial charge in [-0.05, 0) is 49.3 Å². The topological polar surface area (TPSA) is 75.9 Å². The number of aromatic nitrogens is 4. The average molecular weight is 373 g/mol. The van der Waals surface area contributed by atoms with Gasteiger partial charge in [-0.1, -0.05) is 6.58 Å². The van der Waals surface area contributed by atoms with Gasteiger partial charge in [0.25, 0.3) is 0 Å². The monoisotopic (exact) mass is 373 g/mol. The number of aromatic hydroxyl groups is 1. The second kappa shape index (κ2) is 6.87. The summed E-state index contributed by atoms with van der Waals surface area (Å²) in [4.78, 5) is 13.2. The molecule has 2 aliphatic rings. The summed E-state index contributed by atoms with van der Waals surface area (Å²) in [5.74, 6) is 0.642. The minimum absolute atomic E-state index is 0.169. The Kier molecular flexibility index (Phi) is 4.20. The first-order valence-corrected chi connectivity index (χ1v) is 9.76. The molecule has 0 saturated carbocycles. The van der Waals surface area contributed by atoms with Crippen LogP contribution in [0.3, 0.4) is 0 Å². The number of fused-ring (bicyclic) bond motifs is 2. The lowest BCUT2D eigenvalue weighted by Gasteiger charge is -2.30. The fraction of sp³-hybridized carbons (Fsp3) is 0.318. The summed E-state index contributed by atoms with van der Waals surface area (Å²) < 4.78 is 1.84. The second-order valence-electron chi connectivity index (χ2n) is 7.79. The summed E-state index contributed by atoms with van der Waals surface area (Å²) in [6.07, 6.45) is 13.6. The fourth-order valence-electron chi connectivity index (χ4n) is 4.49. The minimum atomic E-state index is 0.169. The molecule has 0 radical (unpaired) electrons. The second-order valence-corrected chi connectivity index (χ2v) is 7.79. The summed E-state index contributed by atoms with van der Waals surface area (Å²) in [7, 11) is 0. The lowest BCUT2D eigenvalue weighted by molar-refractivity contribution is 0.351. The van der Waals surface area contributed by atoms with E-state index >= 15 is 0 Å². The summed E-state index contributed by atoms with van der Waals surface area (Å²) in [6.45, 7) is 4.32. The number of imidazole rings is 1. The van der Waals surface area contributed by atoms with Crippen LogP contribution in [0.15, 0.2) is 55.9 Å². The number of allylic oxidation sites excluding steroid dienone is 1. The van der Waals surface area contributed by atoms with Crippen molar-refractivity contribution in [2.24, 2.45) is 5.92 Å². The Balaban J connectivity index is 1.36. The first-order valence-electron chi connectivity index (χ1n) is 9.76. The van der Waals surface area contributed by atoms with E-state index in [0.29, 0.717) is 29.3 Å². The molecule has 3 aromatic rings. The first-order chi connectivity index (χ1) is 13.7. The van der Waals surface area contributed by atoms with Gasteiger partial charge in [0.05, 0.1) is 35.8 Å². The van der Waals surface area contributed by atoms with E-state index in [1.807, 2.05) is 22.9 Å². The molecule has 0 aliphatic carbocycles. The van der Waals surface area contributed by atoms with E-state index in [9.17, 15) is 5.11 Å². The van der Waals surface area contributed by atoms with Gasteiger partial charge in [-0.3, -0.25) is 9.97 Å². The van der Waals surface area contributed by atoms with Crippen LogP contribution >= 0.6 is 0 Å². The molecule has 4 heterocycles. The smallest absolute Gasteiger partial charge is 0.127 e. The number of hydrogen-bond acceptors (Lipinski definition) is 5. The maximum Gasteiger partial charge on any atom is 0.127 e. The molecule has 6 nitrogen and oxygen atoms in total. The molecule has 2 N–H and O–H groups in total. The van der Waals surface area contributed by atoms with Crippen molar-refractivity contribution in [2.75, 3.05) is 0 Å². The third-order valence-corrected chi connectivity index (χ3v) is 6.01. The molecule has 1 aromatic carbocycles. The van der Waals surface area contributed by atoms with Gasteiger partial charge in [0, 0.05) is 36.1 Å². The summed E-state index contributed by atoms with van der Waals surface area (Å²) in [5, 5.41) is 14.1. The molecule has 2 aromatic heterocycles. The molecule has 6 heteroatoms. The lowest BCUT2D eigenvalue weighted by Crippen LogP contribution is -2.38. The van der Waals surface area contributed by atoms with E-state index in [1.165, 1.54) is 12.8 Å². The first kappa shape index (κ1) is 17.1. The molecule has 2 saturated heterocycles.